The second-order valence-electron chi connectivity index (χ2n) is 4.69. The van der Waals surface area contributed by atoms with E-state index < -0.39 is 0 Å². The first kappa shape index (κ1) is 15.3. The predicted molar refractivity (Wildman–Crippen MR) is 83.9 cm³/mol. The average Bonchev–Trinajstić information content (AvgIpc) is 2.55. The van der Waals surface area contributed by atoms with Crippen molar-refractivity contribution < 1.29 is 14.3 Å². The molecule has 0 heterocycles. The number of hydrogen-bond donors (Lipinski definition) is 0. The van der Waals surface area contributed by atoms with Crippen LogP contribution in [0.3, 0.4) is 0 Å². The monoisotopic (exact) mass is 284 g/mol. The third kappa shape index (κ3) is 3.92. The molecule has 21 heavy (non-hydrogen) atoms. The first-order valence-corrected chi connectivity index (χ1v) is 7.10. The lowest BCUT2D eigenvalue weighted by atomic mass is 10.0. The van der Waals surface area contributed by atoms with E-state index in [9.17, 15) is 4.79 Å². The molecule has 0 saturated heterocycles. The van der Waals surface area contributed by atoms with Gasteiger partial charge in [0, 0.05) is 24.7 Å². The highest BCUT2D eigenvalue weighted by Gasteiger charge is 2.07. The molecular formula is C18H20O3. The minimum absolute atomic E-state index is 0.158. The van der Waals surface area contributed by atoms with Crippen molar-refractivity contribution in [2.45, 2.75) is 13.3 Å². The van der Waals surface area contributed by atoms with Crippen molar-refractivity contribution in [3.05, 3.63) is 54.1 Å². The Morgan fingerprint density at radius 1 is 1.00 bits per heavy atom. The van der Waals surface area contributed by atoms with Crippen LogP contribution in [0.5, 0.6) is 5.75 Å². The number of carbonyl (C=O) groups excluding carboxylic acids is 1. The summed E-state index contributed by atoms with van der Waals surface area (Å²) < 4.78 is 10.7. The molecule has 0 bridgehead atoms. The summed E-state index contributed by atoms with van der Waals surface area (Å²) in [4.78, 5) is 11.7. The minimum atomic E-state index is 0.158. The van der Waals surface area contributed by atoms with Gasteiger partial charge in [-0.2, -0.15) is 0 Å². The van der Waals surface area contributed by atoms with Gasteiger partial charge >= 0.3 is 0 Å². The Kier molecular flexibility index (Phi) is 5.52. The Morgan fingerprint density at radius 3 is 2.38 bits per heavy atom. The van der Waals surface area contributed by atoms with E-state index in [4.69, 9.17) is 9.47 Å². The Morgan fingerprint density at radius 2 is 1.71 bits per heavy atom. The molecule has 3 nitrogen and oxygen atoms in total. The highest BCUT2D eigenvalue weighted by molar-refractivity contribution is 5.96. The summed E-state index contributed by atoms with van der Waals surface area (Å²) in [7, 11) is 1.65. The van der Waals surface area contributed by atoms with E-state index in [0.717, 1.165) is 22.4 Å². The van der Waals surface area contributed by atoms with E-state index in [1.807, 2.05) is 55.5 Å². The van der Waals surface area contributed by atoms with Crippen LogP contribution in [0.15, 0.2) is 48.5 Å². The maximum absolute atomic E-state index is 11.7. The fourth-order valence-electron chi connectivity index (χ4n) is 2.11. The summed E-state index contributed by atoms with van der Waals surface area (Å²) in [6, 6.07) is 15.5. The van der Waals surface area contributed by atoms with Gasteiger partial charge in [-0.1, -0.05) is 49.4 Å². The lowest BCUT2D eigenvalue weighted by Gasteiger charge is -2.11. The number of para-hydroxylation sites is 1. The number of ether oxygens (including phenoxy) is 2. The van der Waals surface area contributed by atoms with Gasteiger partial charge < -0.3 is 9.47 Å². The molecule has 0 saturated carbocycles. The zero-order chi connectivity index (χ0) is 15.1. The van der Waals surface area contributed by atoms with E-state index >= 15 is 0 Å². The van der Waals surface area contributed by atoms with Gasteiger partial charge in [-0.25, -0.2) is 0 Å². The summed E-state index contributed by atoms with van der Waals surface area (Å²) in [5.41, 5.74) is 2.80. The van der Waals surface area contributed by atoms with E-state index in [1.54, 1.807) is 7.11 Å². The molecule has 0 spiro atoms. The van der Waals surface area contributed by atoms with Crippen LogP contribution in [0.4, 0.5) is 0 Å². The molecule has 0 aliphatic carbocycles. The SMILES string of the molecule is CCC(=O)c1ccc(-c2ccccc2OCCOC)cc1. The standard InChI is InChI=1S/C18H20O3/c1-3-17(19)15-10-8-14(9-11-15)16-6-4-5-7-18(16)21-13-12-20-2/h4-11H,3,12-13H2,1-2H3. The Bertz CT molecular complexity index is 588. The predicted octanol–water partition coefficient (Wildman–Crippen LogP) is 3.97. The fraction of sp³-hybridized carbons (Fsp3) is 0.278. The molecular weight excluding hydrogens is 264 g/mol. The lowest BCUT2D eigenvalue weighted by molar-refractivity contribution is 0.0988. The molecule has 0 fully saturated rings. The molecule has 0 N–H and O–H groups in total. The minimum Gasteiger partial charge on any atom is -0.491 e. The second-order valence-corrected chi connectivity index (χ2v) is 4.69. The molecule has 0 aliphatic rings. The Hall–Kier alpha value is -2.13. The van der Waals surface area contributed by atoms with Crippen molar-refractivity contribution >= 4 is 5.78 Å². The van der Waals surface area contributed by atoms with E-state index in [1.165, 1.54) is 0 Å². The van der Waals surface area contributed by atoms with Crippen LogP contribution in [0, 0.1) is 0 Å². The molecule has 2 aromatic carbocycles. The summed E-state index contributed by atoms with van der Waals surface area (Å²) in [5.74, 6) is 0.982. The summed E-state index contributed by atoms with van der Waals surface area (Å²) in [5, 5.41) is 0. The molecule has 0 unspecified atom stereocenters. The highest BCUT2D eigenvalue weighted by atomic mass is 16.5. The Labute approximate surface area is 125 Å². The van der Waals surface area contributed by atoms with Gasteiger partial charge in [0.2, 0.25) is 0 Å². The third-order valence-corrected chi connectivity index (χ3v) is 3.27. The zero-order valence-electron chi connectivity index (χ0n) is 12.5. The van der Waals surface area contributed by atoms with Crippen LogP contribution in [0.2, 0.25) is 0 Å². The summed E-state index contributed by atoms with van der Waals surface area (Å²) >= 11 is 0. The second kappa shape index (κ2) is 7.60. The molecule has 0 radical (unpaired) electrons. The van der Waals surface area contributed by atoms with Crippen molar-refractivity contribution in [3.63, 3.8) is 0 Å². The van der Waals surface area contributed by atoms with Crippen LogP contribution in [0.25, 0.3) is 11.1 Å². The van der Waals surface area contributed by atoms with Crippen molar-refractivity contribution in [1.82, 2.24) is 0 Å². The smallest absolute Gasteiger partial charge is 0.162 e. The quantitative estimate of drug-likeness (QED) is 0.570. The van der Waals surface area contributed by atoms with Gasteiger partial charge in [-0.15, -0.1) is 0 Å². The first-order valence-electron chi connectivity index (χ1n) is 7.10. The van der Waals surface area contributed by atoms with E-state index in [0.29, 0.717) is 19.6 Å². The largest absolute Gasteiger partial charge is 0.491 e. The zero-order valence-corrected chi connectivity index (χ0v) is 12.5. The number of carbonyl (C=O) groups is 1. The lowest BCUT2D eigenvalue weighted by Crippen LogP contribution is -2.05. The van der Waals surface area contributed by atoms with Crippen LogP contribution < -0.4 is 4.74 Å². The average molecular weight is 284 g/mol. The molecule has 110 valence electrons. The number of Topliss-reactive ketones (excluding diaryl/α,β-unsaturated/α-hetero) is 1. The fourth-order valence-corrected chi connectivity index (χ4v) is 2.11. The third-order valence-electron chi connectivity index (χ3n) is 3.27. The van der Waals surface area contributed by atoms with Gasteiger partial charge in [-0.05, 0) is 11.6 Å². The normalized spacial score (nSPS) is 10.4. The molecule has 2 aromatic rings. The number of methoxy groups -OCH3 is 1. The number of hydrogen-bond acceptors (Lipinski definition) is 3. The molecule has 3 heteroatoms. The van der Waals surface area contributed by atoms with E-state index in [-0.39, 0.29) is 5.78 Å². The van der Waals surface area contributed by atoms with Crippen LogP contribution in [0.1, 0.15) is 23.7 Å². The molecule has 0 amide bonds. The Balaban J connectivity index is 2.23. The first-order chi connectivity index (χ1) is 10.3. The highest BCUT2D eigenvalue weighted by Crippen LogP contribution is 2.30. The van der Waals surface area contributed by atoms with E-state index in [2.05, 4.69) is 0 Å². The van der Waals surface area contributed by atoms with Gasteiger partial charge in [0.15, 0.2) is 5.78 Å². The molecule has 0 aliphatic heterocycles. The van der Waals surface area contributed by atoms with Gasteiger partial charge in [0.1, 0.15) is 12.4 Å². The summed E-state index contributed by atoms with van der Waals surface area (Å²) in [6.07, 6.45) is 0.524. The van der Waals surface area contributed by atoms with Crippen molar-refractivity contribution in [1.29, 1.82) is 0 Å². The maximum Gasteiger partial charge on any atom is 0.162 e. The van der Waals surface area contributed by atoms with Gasteiger partial charge in [0.05, 0.1) is 6.61 Å². The van der Waals surface area contributed by atoms with Crippen molar-refractivity contribution in [2.24, 2.45) is 0 Å². The van der Waals surface area contributed by atoms with Crippen LogP contribution >= 0.6 is 0 Å². The number of rotatable bonds is 7. The van der Waals surface area contributed by atoms with Gasteiger partial charge in [0.25, 0.3) is 0 Å². The molecule has 2 rings (SSSR count). The van der Waals surface area contributed by atoms with Gasteiger partial charge in [-0.3, -0.25) is 4.79 Å². The number of benzene rings is 2. The topological polar surface area (TPSA) is 35.5 Å². The van der Waals surface area contributed by atoms with Crippen LogP contribution in [-0.2, 0) is 4.74 Å². The maximum atomic E-state index is 11.7. The van der Waals surface area contributed by atoms with Crippen LogP contribution in [-0.4, -0.2) is 26.1 Å². The van der Waals surface area contributed by atoms with Crippen molar-refractivity contribution in [2.75, 3.05) is 20.3 Å². The van der Waals surface area contributed by atoms with Crippen molar-refractivity contribution in [3.8, 4) is 16.9 Å². The molecule has 0 atom stereocenters. The summed E-state index contributed by atoms with van der Waals surface area (Å²) in [6.45, 7) is 2.94. The number of ketones is 1. The molecule has 0 aromatic heterocycles.